The van der Waals surface area contributed by atoms with Crippen LogP contribution in [0.15, 0.2) is 77.5 Å². The Labute approximate surface area is 217 Å². The van der Waals surface area contributed by atoms with Gasteiger partial charge < -0.3 is 24.3 Å². The van der Waals surface area contributed by atoms with Crippen molar-refractivity contribution in [1.29, 1.82) is 0 Å². The van der Waals surface area contributed by atoms with Gasteiger partial charge in [0.05, 0.1) is 36.0 Å². The van der Waals surface area contributed by atoms with Gasteiger partial charge in [-0.15, -0.1) is 0 Å². The largest absolute Gasteiger partial charge is 0.463 e. The third-order valence-corrected chi connectivity index (χ3v) is 5.94. The molecule has 0 bridgehead atoms. The molecular weight excluding hydrogens is 470 g/mol. The van der Waals surface area contributed by atoms with E-state index in [1.54, 1.807) is 13.8 Å². The van der Waals surface area contributed by atoms with Gasteiger partial charge in [0.2, 0.25) is 0 Å². The number of hydrogen-bond acceptors (Lipinski definition) is 7. The predicted molar refractivity (Wildman–Crippen MR) is 139 cm³/mol. The van der Waals surface area contributed by atoms with Crippen LogP contribution in [0.2, 0.25) is 0 Å². The van der Waals surface area contributed by atoms with Crippen LogP contribution in [0.5, 0.6) is 0 Å². The molecule has 1 saturated heterocycles. The molecule has 2 aromatic carbocycles. The third kappa shape index (κ3) is 6.29. The van der Waals surface area contributed by atoms with Gasteiger partial charge in [-0.25, -0.2) is 9.59 Å². The molecule has 7 heteroatoms. The number of allylic oxidation sites excluding steroid dienone is 1. The van der Waals surface area contributed by atoms with E-state index in [1.807, 2.05) is 74.5 Å². The summed E-state index contributed by atoms with van der Waals surface area (Å²) < 4.78 is 22.4. The van der Waals surface area contributed by atoms with E-state index < -0.39 is 23.6 Å². The minimum absolute atomic E-state index is 0.0157. The van der Waals surface area contributed by atoms with Crippen LogP contribution in [0.3, 0.4) is 0 Å². The SMILES string of the molecule is CCOC(=O)C1=C(c2ccccc2)NC(C)=C(C(=O)OC[C@H]2COC(C)(C)O2)[C@@H]1C#Cc1ccccc1. The Balaban J connectivity index is 1.74. The average molecular weight is 502 g/mol. The molecule has 0 radical (unpaired) electrons. The van der Waals surface area contributed by atoms with Crippen molar-refractivity contribution in [2.45, 2.75) is 39.6 Å². The van der Waals surface area contributed by atoms with E-state index >= 15 is 0 Å². The lowest BCUT2D eigenvalue weighted by Gasteiger charge is -2.29. The van der Waals surface area contributed by atoms with Crippen molar-refractivity contribution in [2.24, 2.45) is 5.92 Å². The van der Waals surface area contributed by atoms with Crippen LogP contribution >= 0.6 is 0 Å². The zero-order valence-electron chi connectivity index (χ0n) is 21.5. The van der Waals surface area contributed by atoms with Crippen molar-refractivity contribution in [3.63, 3.8) is 0 Å². The number of nitrogens with one attached hydrogen (secondary N) is 1. The second kappa shape index (κ2) is 11.5. The minimum Gasteiger partial charge on any atom is -0.463 e. The second-order valence-electron chi connectivity index (χ2n) is 9.16. The van der Waals surface area contributed by atoms with E-state index in [1.165, 1.54) is 0 Å². The molecule has 0 amide bonds. The van der Waals surface area contributed by atoms with Crippen molar-refractivity contribution in [3.05, 3.63) is 88.6 Å². The maximum Gasteiger partial charge on any atom is 0.337 e. The zero-order chi connectivity index (χ0) is 26.4. The third-order valence-electron chi connectivity index (χ3n) is 5.94. The van der Waals surface area contributed by atoms with Gasteiger partial charge in [0, 0.05) is 11.3 Å². The van der Waals surface area contributed by atoms with E-state index in [-0.39, 0.29) is 30.5 Å². The summed E-state index contributed by atoms with van der Waals surface area (Å²) in [6, 6.07) is 18.8. The van der Waals surface area contributed by atoms with Crippen molar-refractivity contribution in [1.82, 2.24) is 5.32 Å². The highest BCUT2D eigenvalue weighted by Gasteiger charge is 2.39. The summed E-state index contributed by atoms with van der Waals surface area (Å²) in [5.74, 6) is 3.55. The molecule has 0 aromatic heterocycles. The molecule has 1 fully saturated rings. The number of dihydropyridines is 1. The van der Waals surface area contributed by atoms with Crippen molar-refractivity contribution in [3.8, 4) is 11.8 Å². The molecule has 2 aliphatic rings. The van der Waals surface area contributed by atoms with Gasteiger partial charge in [0.1, 0.15) is 12.7 Å². The molecule has 2 aromatic rings. The summed E-state index contributed by atoms with van der Waals surface area (Å²) in [5, 5.41) is 3.26. The normalized spacial score (nSPS) is 20.5. The molecular formula is C30H31NO6. The Hall–Kier alpha value is -3.86. The summed E-state index contributed by atoms with van der Waals surface area (Å²) in [7, 11) is 0. The van der Waals surface area contributed by atoms with Gasteiger partial charge in [-0.3, -0.25) is 0 Å². The quantitative estimate of drug-likeness (QED) is 0.469. The van der Waals surface area contributed by atoms with Crippen LogP contribution in [-0.4, -0.2) is 43.7 Å². The van der Waals surface area contributed by atoms with Gasteiger partial charge in [0.25, 0.3) is 0 Å². The fraction of sp³-hybridized carbons (Fsp3) is 0.333. The first-order chi connectivity index (χ1) is 17.8. The summed E-state index contributed by atoms with van der Waals surface area (Å²) in [5.41, 5.74) is 3.15. The van der Waals surface area contributed by atoms with E-state index in [0.717, 1.165) is 11.1 Å². The lowest BCUT2D eigenvalue weighted by atomic mass is 9.84. The van der Waals surface area contributed by atoms with Crippen LogP contribution in [-0.2, 0) is 28.5 Å². The van der Waals surface area contributed by atoms with Crippen molar-refractivity contribution >= 4 is 17.6 Å². The molecule has 2 aliphatic heterocycles. The van der Waals surface area contributed by atoms with E-state index in [4.69, 9.17) is 18.9 Å². The molecule has 1 N–H and O–H groups in total. The summed E-state index contributed by atoms with van der Waals surface area (Å²) >= 11 is 0. The first-order valence-electron chi connectivity index (χ1n) is 12.3. The Morgan fingerprint density at radius 3 is 2.27 bits per heavy atom. The van der Waals surface area contributed by atoms with Crippen LogP contribution in [0.1, 0.15) is 38.8 Å². The Morgan fingerprint density at radius 1 is 1.00 bits per heavy atom. The summed E-state index contributed by atoms with van der Waals surface area (Å²) in [4.78, 5) is 26.8. The van der Waals surface area contributed by atoms with E-state index in [9.17, 15) is 9.59 Å². The van der Waals surface area contributed by atoms with Crippen LogP contribution in [0.4, 0.5) is 0 Å². The Morgan fingerprint density at radius 2 is 1.65 bits per heavy atom. The number of carbonyl (C=O) groups is 2. The molecule has 0 spiro atoms. The summed E-state index contributed by atoms with van der Waals surface area (Å²) in [6.45, 7) is 7.65. The molecule has 37 heavy (non-hydrogen) atoms. The number of benzene rings is 2. The van der Waals surface area contributed by atoms with Crippen LogP contribution in [0.25, 0.3) is 5.70 Å². The first kappa shape index (κ1) is 26.2. The number of rotatable bonds is 6. The van der Waals surface area contributed by atoms with E-state index in [0.29, 0.717) is 18.0 Å². The predicted octanol–water partition coefficient (Wildman–Crippen LogP) is 4.20. The van der Waals surface area contributed by atoms with Gasteiger partial charge in [-0.2, -0.15) is 0 Å². The molecule has 2 heterocycles. The van der Waals surface area contributed by atoms with Crippen LogP contribution < -0.4 is 5.32 Å². The Bertz CT molecular complexity index is 1270. The lowest BCUT2D eigenvalue weighted by molar-refractivity contribution is -0.155. The molecule has 7 nitrogen and oxygen atoms in total. The average Bonchev–Trinajstić information content (AvgIpc) is 3.25. The second-order valence-corrected chi connectivity index (χ2v) is 9.16. The molecule has 192 valence electrons. The standard InChI is InChI=1S/C30H31NO6/c1-5-34-29(33)26-24(17-16-21-12-8-6-9-13-21)25(20(2)31-27(26)22-14-10-7-11-15-22)28(32)35-18-23-19-36-30(3,4)37-23/h6-15,23-24,31H,5,18-19H2,1-4H3/t23-,24-/m0/s1. The minimum atomic E-state index is -0.875. The monoisotopic (exact) mass is 501 g/mol. The highest BCUT2D eigenvalue weighted by Crippen LogP contribution is 2.35. The van der Waals surface area contributed by atoms with Gasteiger partial charge in [0.15, 0.2) is 5.79 Å². The fourth-order valence-corrected chi connectivity index (χ4v) is 4.27. The van der Waals surface area contributed by atoms with E-state index in [2.05, 4.69) is 17.2 Å². The molecule has 4 rings (SSSR count). The highest BCUT2D eigenvalue weighted by molar-refractivity contribution is 6.04. The van der Waals surface area contributed by atoms with Crippen molar-refractivity contribution in [2.75, 3.05) is 19.8 Å². The number of esters is 2. The maximum absolute atomic E-state index is 13.5. The zero-order valence-corrected chi connectivity index (χ0v) is 21.5. The topological polar surface area (TPSA) is 83.1 Å². The first-order valence-corrected chi connectivity index (χ1v) is 12.3. The lowest BCUT2D eigenvalue weighted by Crippen LogP contribution is -2.34. The molecule has 2 atom stereocenters. The van der Waals surface area contributed by atoms with Crippen molar-refractivity contribution < 1.29 is 28.5 Å². The smallest absolute Gasteiger partial charge is 0.337 e. The van der Waals surface area contributed by atoms with Gasteiger partial charge >= 0.3 is 11.9 Å². The maximum atomic E-state index is 13.5. The Kier molecular flexibility index (Phi) is 8.12. The van der Waals surface area contributed by atoms with Crippen LogP contribution in [0, 0.1) is 17.8 Å². The number of ether oxygens (including phenoxy) is 4. The highest BCUT2D eigenvalue weighted by atomic mass is 16.7. The molecule has 0 unspecified atom stereocenters. The molecule has 0 saturated carbocycles. The van der Waals surface area contributed by atoms with Gasteiger partial charge in [-0.1, -0.05) is 60.4 Å². The summed E-state index contributed by atoms with van der Waals surface area (Å²) in [6.07, 6.45) is -0.384. The number of carbonyl (C=O) groups excluding carboxylic acids is 2. The molecule has 0 aliphatic carbocycles. The van der Waals surface area contributed by atoms with Gasteiger partial charge in [-0.05, 0) is 45.4 Å². The fourth-order valence-electron chi connectivity index (χ4n) is 4.27. The number of hydrogen-bond donors (Lipinski definition) is 1.